The smallest absolute Gasteiger partial charge is 0.303 e. The fourth-order valence-electron chi connectivity index (χ4n) is 1.73. The number of pyridine rings is 1. The first-order chi connectivity index (χ1) is 12.3. The van der Waals surface area contributed by atoms with E-state index < -0.39 is 11.9 Å². The average Bonchev–Trinajstić information content (AvgIpc) is 2.61. The van der Waals surface area contributed by atoms with Gasteiger partial charge in [0.1, 0.15) is 5.69 Å². The quantitative estimate of drug-likeness (QED) is 0.678. The molecule has 0 aliphatic rings. The number of aromatic nitrogens is 3. The summed E-state index contributed by atoms with van der Waals surface area (Å²) in [6.45, 7) is 4.09. The summed E-state index contributed by atoms with van der Waals surface area (Å²) >= 11 is 0. The Bertz CT molecular complexity index is 708. The molecule has 9 heteroatoms. The molecule has 26 heavy (non-hydrogen) atoms. The summed E-state index contributed by atoms with van der Waals surface area (Å²) in [5, 5.41) is 19.0. The molecular formula is C17H22N4O5. The molecule has 0 aliphatic heterocycles. The molecule has 2 rings (SSSR count). The van der Waals surface area contributed by atoms with Gasteiger partial charge in [-0.2, -0.15) is 0 Å². The molecule has 0 aliphatic carbocycles. The molecule has 140 valence electrons. The van der Waals surface area contributed by atoms with E-state index in [1.807, 2.05) is 32.0 Å². The summed E-state index contributed by atoms with van der Waals surface area (Å²) in [4.78, 5) is 32.2. The van der Waals surface area contributed by atoms with Crippen LogP contribution in [0, 0.1) is 0 Å². The molecule has 0 saturated heterocycles. The van der Waals surface area contributed by atoms with Gasteiger partial charge in [-0.25, -0.2) is 9.97 Å². The van der Waals surface area contributed by atoms with Crippen molar-refractivity contribution in [1.82, 2.24) is 15.0 Å². The number of hydrogen-bond acceptors (Lipinski definition) is 7. The summed E-state index contributed by atoms with van der Waals surface area (Å²) in [6, 6.07) is 5.91. The minimum absolute atomic E-state index is 0.269. The minimum atomic E-state index is -1.08. The number of nitrogens with zero attached hydrogens (tertiary/aromatic N) is 3. The zero-order chi connectivity index (χ0) is 19.5. The van der Waals surface area contributed by atoms with Crippen LogP contribution in [0.15, 0.2) is 30.6 Å². The summed E-state index contributed by atoms with van der Waals surface area (Å²) < 4.78 is 5.23. The van der Waals surface area contributed by atoms with E-state index >= 15 is 0 Å². The van der Waals surface area contributed by atoms with Crippen LogP contribution in [0.1, 0.15) is 26.7 Å². The Morgan fingerprint density at radius 3 is 2.27 bits per heavy atom. The predicted molar refractivity (Wildman–Crippen MR) is 95.1 cm³/mol. The van der Waals surface area contributed by atoms with Crippen molar-refractivity contribution in [2.75, 3.05) is 12.4 Å². The van der Waals surface area contributed by atoms with Gasteiger partial charge in [0.2, 0.25) is 0 Å². The highest BCUT2D eigenvalue weighted by atomic mass is 16.5. The van der Waals surface area contributed by atoms with Gasteiger partial charge in [0.05, 0.1) is 26.1 Å². The number of carboxylic acid groups (broad SMARTS) is 2. The monoisotopic (exact) mass is 362 g/mol. The fraction of sp³-hybridized carbons (Fsp3) is 0.353. The highest BCUT2D eigenvalue weighted by Crippen LogP contribution is 2.24. The molecule has 0 radical (unpaired) electrons. The molecule has 2 heterocycles. The third kappa shape index (κ3) is 7.56. The topological polar surface area (TPSA) is 135 Å². The van der Waals surface area contributed by atoms with Crippen LogP contribution in [0.2, 0.25) is 0 Å². The summed E-state index contributed by atoms with van der Waals surface area (Å²) in [6.07, 6.45) is 2.78. The van der Waals surface area contributed by atoms with Crippen LogP contribution in [0.3, 0.4) is 0 Å². The molecule has 0 amide bonds. The lowest BCUT2D eigenvalue weighted by atomic mass is 10.3. The van der Waals surface area contributed by atoms with Crippen LogP contribution in [0.25, 0.3) is 11.5 Å². The van der Waals surface area contributed by atoms with Crippen LogP contribution in [-0.4, -0.2) is 50.3 Å². The number of methoxy groups -OCH3 is 1. The first kappa shape index (κ1) is 20.8. The third-order valence-electron chi connectivity index (χ3n) is 2.85. The predicted octanol–water partition coefficient (Wildman–Crippen LogP) is 2.30. The number of hydrogen-bond donors (Lipinski definition) is 3. The highest BCUT2D eigenvalue weighted by molar-refractivity contribution is 5.75. The number of carbonyl (C=O) groups is 2. The van der Waals surface area contributed by atoms with Crippen molar-refractivity contribution in [3.63, 3.8) is 0 Å². The van der Waals surface area contributed by atoms with Crippen LogP contribution in [-0.2, 0) is 9.59 Å². The number of ether oxygens (including phenoxy) is 1. The second kappa shape index (κ2) is 10.6. The van der Waals surface area contributed by atoms with Crippen molar-refractivity contribution in [2.45, 2.75) is 32.7 Å². The summed E-state index contributed by atoms with van der Waals surface area (Å²) in [7, 11) is 1.60. The molecule has 2 aromatic rings. The molecule has 0 unspecified atom stereocenters. The summed E-state index contributed by atoms with van der Waals surface area (Å²) in [5.41, 5.74) is 0.743. The third-order valence-corrected chi connectivity index (χ3v) is 2.85. The Morgan fingerprint density at radius 1 is 1.15 bits per heavy atom. The van der Waals surface area contributed by atoms with Crippen molar-refractivity contribution in [2.24, 2.45) is 0 Å². The molecule has 0 atom stereocenters. The fourth-order valence-corrected chi connectivity index (χ4v) is 1.73. The molecular weight excluding hydrogens is 340 g/mol. The zero-order valence-electron chi connectivity index (χ0n) is 14.8. The molecule has 0 spiro atoms. The second-order valence-corrected chi connectivity index (χ2v) is 5.41. The van der Waals surface area contributed by atoms with Crippen LogP contribution in [0.5, 0.6) is 5.75 Å². The Kier molecular flexibility index (Phi) is 8.48. The van der Waals surface area contributed by atoms with Crippen LogP contribution in [0.4, 0.5) is 5.82 Å². The highest BCUT2D eigenvalue weighted by Gasteiger charge is 2.10. The standard InChI is InChI=1S/C13H16N4O.C4H6O4/c1-9(2)16-13-11(18-3)8-15-12(17-13)10-6-4-5-7-14-10;5-3(6)1-2-4(7)8/h4-9H,1-3H3,(H,15,16,17);1-2H2,(H,5,6)(H,7,8). The van der Waals surface area contributed by atoms with E-state index in [9.17, 15) is 9.59 Å². The second-order valence-electron chi connectivity index (χ2n) is 5.41. The number of aliphatic carboxylic acids is 2. The van der Waals surface area contributed by atoms with E-state index in [0.29, 0.717) is 17.4 Å². The van der Waals surface area contributed by atoms with Crippen molar-refractivity contribution >= 4 is 17.8 Å². The minimum Gasteiger partial charge on any atom is -0.491 e. The summed E-state index contributed by atoms with van der Waals surface area (Å²) in [5.74, 6) is -0.258. The van der Waals surface area contributed by atoms with Crippen LogP contribution >= 0.6 is 0 Å². The average molecular weight is 362 g/mol. The zero-order valence-corrected chi connectivity index (χ0v) is 14.8. The number of rotatable bonds is 7. The normalized spacial score (nSPS) is 9.85. The van der Waals surface area contributed by atoms with Gasteiger partial charge in [0.15, 0.2) is 17.4 Å². The Labute approximate surface area is 151 Å². The Hall–Kier alpha value is -3.23. The van der Waals surface area contributed by atoms with Gasteiger partial charge >= 0.3 is 11.9 Å². The van der Waals surface area contributed by atoms with Gasteiger partial charge < -0.3 is 20.3 Å². The van der Waals surface area contributed by atoms with Crippen LogP contribution < -0.4 is 10.1 Å². The lowest BCUT2D eigenvalue weighted by Gasteiger charge is -2.13. The molecule has 9 nitrogen and oxygen atoms in total. The number of nitrogens with one attached hydrogen (secondary N) is 1. The van der Waals surface area contributed by atoms with Gasteiger partial charge in [-0.3, -0.25) is 14.6 Å². The Balaban J connectivity index is 0.000000359. The molecule has 0 saturated carbocycles. The largest absolute Gasteiger partial charge is 0.491 e. The Morgan fingerprint density at radius 2 is 1.81 bits per heavy atom. The van der Waals surface area contributed by atoms with Gasteiger partial charge in [0.25, 0.3) is 0 Å². The van der Waals surface area contributed by atoms with Crippen molar-refractivity contribution in [3.05, 3.63) is 30.6 Å². The van der Waals surface area contributed by atoms with Gasteiger partial charge in [-0.05, 0) is 26.0 Å². The SMILES string of the molecule is COc1cnc(-c2ccccn2)nc1NC(C)C.O=C(O)CCC(=O)O. The molecule has 0 aromatic carbocycles. The van der Waals surface area contributed by atoms with Gasteiger partial charge in [0, 0.05) is 12.2 Å². The number of carboxylic acids is 2. The van der Waals surface area contributed by atoms with Crippen molar-refractivity contribution < 1.29 is 24.5 Å². The van der Waals surface area contributed by atoms with E-state index in [-0.39, 0.29) is 18.9 Å². The van der Waals surface area contributed by atoms with E-state index in [1.165, 1.54) is 0 Å². The van der Waals surface area contributed by atoms with E-state index in [1.54, 1.807) is 19.5 Å². The first-order valence-corrected chi connectivity index (χ1v) is 7.86. The van der Waals surface area contributed by atoms with Crippen molar-refractivity contribution in [1.29, 1.82) is 0 Å². The molecule has 0 fully saturated rings. The maximum atomic E-state index is 9.64. The molecule has 2 aromatic heterocycles. The molecule has 3 N–H and O–H groups in total. The van der Waals surface area contributed by atoms with E-state index in [4.69, 9.17) is 14.9 Å². The maximum Gasteiger partial charge on any atom is 0.303 e. The van der Waals surface area contributed by atoms with Gasteiger partial charge in [-0.15, -0.1) is 0 Å². The molecule has 0 bridgehead atoms. The lowest BCUT2D eigenvalue weighted by molar-refractivity contribution is -0.143. The lowest BCUT2D eigenvalue weighted by Crippen LogP contribution is -2.13. The van der Waals surface area contributed by atoms with E-state index in [0.717, 1.165) is 5.69 Å². The maximum absolute atomic E-state index is 9.64. The van der Waals surface area contributed by atoms with Gasteiger partial charge in [-0.1, -0.05) is 6.07 Å². The number of anilines is 1. The van der Waals surface area contributed by atoms with Crippen molar-refractivity contribution in [3.8, 4) is 17.3 Å². The van der Waals surface area contributed by atoms with E-state index in [2.05, 4.69) is 20.3 Å². The first-order valence-electron chi connectivity index (χ1n) is 7.86.